The van der Waals surface area contributed by atoms with E-state index in [1.54, 1.807) is 24.3 Å². The average Bonchev–Trinajstić information content (AvgIpc) is 2.62. The number of Topliss-reactive ketones (excluding diaryl/α,β-unsaturated/α-hetero) is 1. The van der Waals surface area contributed by atoms with Crippen LogP contribution >= 0.6 is 0 Å². The molecular weight excluding hydrogens is 356 g/mol. The summed E-state index contributed by atoms with van der Waals surface area (Å²) in [4.78, 5) is 23.6. The molecule has 1 amide bonds. The van der Waals surface area contributed by atoms with Crippen LogP contribution in [0.25, 0.3) is 0 Å². The summed E-state index contributed by atoms with van der Waals surface area (Å²) in [7, 11) is -2.16. The van der Waals surface area contributed by atoms with Gasteiger partial charge in [-0.2, -0.15) is 0 Å². The molecule has 0 bridgehead atoms. The first-order valence-electron chi connectivity index (χ1n) is 7.84. The van der Waals surface area contributed by atoms with Gasteiger partial charge >= 0.3 is 0 Å². The fourth-order valence-electron chi connectivity index (χ4n) is 2.14. The number of ketones is 1. The number of sulfonamides is 1. The SMILES string of the molecule is COCCNS(=O)(=O)c1ccc(C(=O)Nc2ccc(C(C)=O)cc2)cc1. The van der Waals surface area contributed by atoms with E-state index in [1.165, 1.54) is 38.3 Å². The second kappa shape index (κ2) is 8.70. The van der Waals surface area contributed by atoms with Gasteiger partial charge in [0.2, 0.25) is 10.0 Å². The fraction of sp³-hybridized carbons (Fsp3) is 0.222. The molecular formula is C18H20N2O5S. The summed E-state index contributed by atoms with van der Waals surface area (Å²) in [6, 6.07) is 12.1. The van der Waals surface area contributed by atoms with Crippen molar-refractivity contribution in [2.45, 2.75) is 11.8 Å². The van der Waals surface area contributed by atoms with Gasteiger partial charge in [-0.1, -0.05) is 0 Å². The van der Waals surface area contributed by atoms with Crippen LogP contribution in [0.15, 0.2) is 53.4 Å². The van der Waals surface area contributed by atoms with Crippen LogP contribution in [0, 0.1) is 0 Å². The van der Waals surface area contributed by atoms with Gasteiger partial charge in [0.15, 0.2) is 5.78 Å². The van der Waals surface area contributed by atoms with Gasteiger partial charge in [-0.25, -0.2) is 13.1 Å². The molecule has 2 rings (SSSR count). The summed E-state index contributed by atoms with van der Waals surface area (Å²) < 4.78 is 31.3. The summed E-state index contributed by atoms with van der Waals surface area (Å²) in [6.07, 6.45) is 0. The molecule has 8 heteroatoms. The van der Waals surface area contributed by atoms with Gasteiger partial charge in [-0.3, -0.25) is 9.59 Å². The quantitative estimate of drug-likeness (QED) is 0.542. The maximum Gasteiger partial charge on any atom is 0.255 e. The predicted molar refractivity (Wildman–Crippen MR) is 97.9 cm³/mol. The van der Waals surface area contributed by atoms with Crippen molar-refractivity contribution in [3.63, 3.8) is 0 Å². The molecule has 0 radical (unpaired) electrons. The van der Waals surface area contributed by atoms with E-state index < -0.39 is 10.0 Å². The van der Waals surface area contributed by atoms with E-state index in [2.05, 4.69) is 10.0 Å². The Kier molecular flexibility index (Phi) is 6.62. The molecule has 138 valence electrons. The van der Waals surface area contributed by atoms with Gasteiger partial charge in [0.05, 0.1) is 11.5 Å². The van der Waals surface area contributed by atoms with Crippen LogP contribution in [0.2, 0.25) is 0 Å². The third-order valence-electron chi connectivity index (χ3n) is 3.57. The Hall–Kier alpha value is -2.55. The standard InChI is InChI=1S/C18H20N2O5S/c1-13(21)14-3-7-16(8-4-14)20-18(22)15-5-9-17(10-6-15)26(23,24)19-11-12-25-2/h3-10,19H,11-12H2,1-2H3,(H,20,22). The number of nitrogens with one attached hydrogen (secondary N) is 2. The lowest BCUT2D eigenvalue weighted by molar-refractivity contribution is 0.101. The van der Waals surface area contributed by atoms with Crippen molar-refractivity contribution in [2.24, 2.45) is 0 Å². The number of ether oxygens (including phenoxy) is 1. The first kappa shape index (κ1) is 19.8. The lowest BCUT2D eigenvalue weighted by Crippen LogP contribution is -2.27. The van der Waals surface area contributed by atoms with Crippen LogP contribution in [0.5, 0.6) is 0 Å². The van der Waals surface area contributed by atoms with E-state index in [1.807, 2.05) is 0 Å². The van der Waals surface area contributed by atoms with Gasteiger partial charge in [0.25, 0.3) is 5.91 Å². The Morgan fingerprint density at radius 1 is 0.962 bits per heavy atom. The summed E-state index contributed by atoms with van der Waals surface area (Å²) in [5.41, 5.74) is 1.41. The van der Waals surface area contributed by atoms with E-state index in [4.69, 9.17) is 4.74 Å². The number of methoxy groups -OCH3 is 1. The zero-order chi connectivity index (χ0) is 19.2. The first-order valence-corrected chi connectivity index (χ1v) is 9.33. The predicted octanol–water partition coefficient (Wildman–Crippen LogP) is 2.07. The van der Waals surface area contributed by atoms with Crippen molar-refractivity contribution in [2.75, 3.05) is 25.6 Å². The highest BCUT2D eigenvalue weighted by molar-refractivity contribution is 7.89. The summed E-state index contributed by atoms with van der Waals surface area (Å²) >= 11 is 0. The largest absolute Gasteiger partial charge is 0.383 e. The highest BCUT2D eigenvalue weighted by atomic mass is 32.2. The number of carbonyl (C=O) groups is 2. The molecule has 26 heavy (non-hydrogen) atoms. The highest BCUT2D eigenvalue weighted by Crippen LogP contribution is 2.14. The second-order valence-electron chi connectivity index (χ2n) is 5.50. The number of carbonyl (C=O) groups excluding carboxylic acids is 2. The smallest absolute Gasteiger partial charge is 0.255 e. The molecule has 0 atom stereocenters. The lowest BCUT2D eigenvalue weighted by atomic mass is 10.1. The Bertz CT molecular complexity index is 875. The number of rotatable bonds is 8. The molecule has 2 aromatic carbocycles. The van der Waals surface area contributed by atoms with E-state index in [9.17, 15) is 18.0 Å². The average molecular weight is 376 g/mol. The molecule has 0 saturated heterocycles. The van der Waals surface area contributed by atoms with Crippen LogP contribution in [-0.2, 0) is 14.8 Å². The molecule has 2 N–H and O–H groups in total. The molecule has 0 heterocycles. The van der Waals surface area contributed by atoms with Crippen LogP contribution in [-0.4, -0.2) is 40.4 Å². The van der Waals surface area contributed by atoms with Crippen molar-refractivity contribution in [3.05, 3.63) is 59.7 Å². The van der Waals surface area contributed by atoms with E-state index in [0.29, 0.717) is 16.8 Å². The number of benzene rings is 2. The zero-order valence-corrected chi connectivity index (χ0v) is 15.3. The molecule has 0 aliphatic carbocycles. The van der Waals surface area contributed by atoms with Crippen LogP contribution in [0.1, 0.15) is 27.6 Å². The summed E-state index contributed by atoms with van der Waals surface area (Å²) in [5, 5.41) is 2.69. The van der Waals surface area contributed by atoms with E-state index >= 15 is 0 Å². The van der Waals surface area contributed by atoms with E-state index in [-0.39, 0.29) is 29.7 Å². The number of hydrogen-bond acceptors (Lipinski definition) is 5. The topological polar surface area (TPSA) is 102 Å². The number of anilines is 1. The van der Waals surface area contributed by atoms with E-state index in [0.717, 1.165) is 0 Å². The van der Waals surface area contributed by atoms with Gasteiger partial charge in [0, 0.05) is 30.5 Å². The molecule has 0 aromatic heterocycles. The van der Waals surface area contributed by atoms with Gasteiger partial charge in [-0.05, 0) is 55.5 Å². The lowest BCUT2D eigenvalue weighted by Gasteiger charge is -2.08. The highest BCUT2D eigenvalue weighted by Gasteiger charge is 2.14. The summed E-state index contributed by atoms with van der Waals surface area (Å²) in [6.45, 7) is 1.90. The van der Waals surface area contributed by atoms with Crippen molar-refractivity contribution >= 4 is 27.4 Å². The minimum Gasteiger partial charge on any atom is -0.383 e. The van der Waals surface area contributed by atoms with Crippen LogP contribution < -0.4 is 10.0 Å². The van der Waals surface area contributed by atoms with Gasteiger partial charge in [0.1, 0.15) is 0 Å². The normalized spacial score (nSPS) is 11.2. The molecule has 0 saturated carbocycles. The van der Waals surface area contributed by atoms with Crippen molar-refractivity contribution in [1.29, 1.82) is 0 Å². The number of hydrogen-bond donors (Lipinski definition) is 2. The second-order valence-corrected chi connectivity index (χ2v) is 7.27. The van der Waals surface area contributed by atoms with Gasteiger partial charge < -0.3 is 10.1 Å². The molecule has 0 aliphatic heterocycles. The zero-order valence-electron chi connectivity index (χ0n) is 14.5. The maximum atomic E-state index is 12.2. The molecule has 7 nitrogen and oxygen atoms in total. The first-order chi connectivity index (χ1) is 12.3. The third-order valence-corrected chi connectivity index (χ3v) is 5.05. The Morgan fingerprint density at radius 2 is 1.54 bits per heavy atom. The minimum absolute atomic E-state index is 0.0567. The molecule has 0 unspecified atom stereocenters. The van der Waals surface area contributed by atoms with Crippen LogP contribution in [0.4, 0.5) is 5.69 Å². The van der Waals surface area contributed by atoms with Gasteiger partial charge in [-0.15, -0.1) is 0 Å². The molecule has 0 fully saturated rings. The monoisotopic (exact) mass is 376 g/mol. The molecule has 0 aliphatic rings. The Morgan fingerprint density at radius 3 is 2.08 bits per heavy atom. The Labute approximate surface area is 152 Å². The van der Waals surface area contributed by atoms with Crippen molar-refractivity contribution < 1.29 is 22.7 Å². The fourth-order valence-corrected chi connectivity index (χ4v) is 3.15. The molecule has 0 spiro atoms. The number of amides is 1. The van der Waals surface area contributed by atoms with Crippen molar-refractivity contribution in [3.8, 4) is 0 Å². The molecule has 2 aromatic rings. The summed E-state index contributed by atoms with van der Waals surface area (Å²) in [5.74, 6) is -0.435. The van der Waals surface area contributed by atoms with Crippen molar-refractivity contribution in [1.82, 2.24) is 4.72 Å². The maximum absolute atomic E-state index is 12.2. The Balaban J connectivity index is 2.05. The van der Waals surface area contributed by atoms with Crippen LogP contribution in [0.3, 0.4) is 0 Å². The minimum atomic E-state index is -3.64. The third kappa shape index (κ3) is 5.22.